The fourth-order valence-electron chi connectivity index (χ4n) is 1.11. The summed E-state index contributed by atoms with van der Waals surface area (Å²) in [4.78, 5) is 22.7. The van der Waals surface area contributed by atoms with Crippen molar-refractivity contribution in [1.29, 1.82) is 0 Å². The largest absolute Gasteiger partial charge is 0.319 e. The second-order valence-corrected chi connectivity index (χ2v) is 3.17. The van der Waals surface area contributed by atoms with Gasteiger partial charge in [0.25, 0.3) is 12.1 Å². The first kappa shape index (κ1) is 11.8. The molecule has 0 saturated carbocycles. The van der Waals surface area contributed by atoms with E-state index in [-0.39, 0.29) is 11.0 Å². The molecule has 1 aromatic rings. The van der Waals surface area contributed by atoms with E-state index in [1.165, 1.54) is 0 Å². The van der Waals surface area contributed by atoms with Crippen LogP contribution < -0.4 is 5.56 Å². The van der Waals surface area contributed by atoms with Crippen molar-refractivity contribution >= 4 is 21.6 Å². The standard InChI is InChI=1S/C7H5BrF2N2O3/c8-2-4-6(12(14)15)3(7(9)10)1-5(13)11-4/h1,7H,2H2,(H,11,13). The van der Waals surface area contributed by atoms with Crippen molar-refractivity contribution in [2.24, 2.45) is 0 Å². The molecule has 1 aromatic heterocycles. The van der Waals surface area contributed by atoms with Crippen LogP contribution in [0.25, 0.3) is 0 Å². The van der Waals surface area contributed by atoms with Crippen LogP contribution in [0, 0.1) is 10.1 Å². The van der Waals surface area contributed by atoms with Crippen LogP contribution in [0.3, 0.4) is 0 Å². The summed E-state index contributed by atoms with van der Waals surface area (Å²) in [5.74, 6) is 0. The smallest absolute Gasteiger partial charge is 0.298 e. The molecule has 0 fully saturated rings. The van der Waals surface area contributed by atoms with Crippen LogP contribution in [-0.4, -0.2) is 9.91 Å². The van der Waals surface area contributed by atoms with Crippen LogP contribution in [0.4, 0.5) is 14.5 Å². The number of hydrogen-bond donors (Lipinski definition) is 1. The number of halogens is 3. The molecular weight excluding hydrogens is 278 g/mol. The van der Waals surface area contributed by atoms with Crippen molar-refractivity contribution in [1.82, 2.24) is 4.98 Å². The maximum absolute atomic E-state index is 12.4. The van der Waals surface area contributed by atoms with Crippen LogP contribution in [0.1, 0.15) is 17.7 Å². The molecule has 0 amide bonds. The summed E-state index contributed by atoms with van der Waals surface area (Å²) in [6, 6.07) is 0.537. The Kier molecular flexibility index (Phi) is 3.51. The molecular formula is C7H5BrF2N2O3. The van der Waals surface area contributed by atoms with E-state index in [2.05, 4.69) is 20.9 Å². The minimum absolute atomic E-state index is 0.0703. The molecule has 1 N–H and O–H groups in total. The molecule has 82 valence electrons. The topological polar surface area (TPSA) is 76.0 Å². The van der Waals surface area contributed by atoms with Gasteiger partial charge in [0.2, 0.25) is 5.56 Å². The van der Waals surface area contributed by atoms with Gasteiger partial charge in [0.1, 0.15) is 11.3 Å². The minimum atomic E-state index is -3.05. The Morgan fingerprint density at radius 2 is 2.20 bits per heavy atom. The Hall–Kier alpha value is -1.31. The van der Waals surface area contributed by atoms with E-state index in [0.717, 1.165) is 0 Å². The average molecular weight is 283 g/mol. The summed E-state index contributed by atoms with van der Waals surface area (Å²) in [6.45, 7) is 0. The molecule has 5 nitrogen and oxygen atoms in total. The summed E-state index contributed by atoms with van der Waals surface area (Å²) in [5, 5.41) is 10.5. The molecule has 0 saturated heterocycles. The minimum Gasteiger partial charge on any atom is -0.319 e. The molecule has 1 heterocycles. The number of alkyl halides is 3. The number of aromatic amines is 1. The number of nitrogens with one attached hydrogen (secondary N) is 1. The van der Waals surface area contributed by atoms with Crippen molar-refractivity contribution < 1.29 is 13.7 Å². The van der Waals surface area contributed by atoms with Gasteiger partial charge in [-0.15, -0.1) is 0 Å². The number of H-pyrrole nitrogens is 1. The lowest BCUT2D eigenvalue weighted by molar-refractivity contribution is -0.387. The maximum Gasteiger partial charge on any atom is 0.298 e. The SMILES string of the molecule is O=c1cc(C(F)F)c([N+](=O)[O-])c(CBr)[nH]1. The van der Waals surface area contributed by atoms with Gasteiger partial charge in [-0.05, 0) is 0 Å². The Morgan fingerprint density at radius 3 is 2.60 bits per heavy atom. The number of rotatable bonds is 3. The van der Waals surface area contributed by atoms with E-state index in [1.807, 2.05) is 0 Å². The van der Waals surface area contributed by atoms with Gasteiger partial charge in [-0.2, -0.15) is 0 Å². The third-order valence-corrected chi connectivity index (χ3v) is 2.23. The quantitative estimate of drug-likeness (QED) is 0.524. The van der Waals surface area contributed by atoms with Gasteiger partial charge in [-0.1, -0.05) is 15.9 Å². The first-order valence-corrected chi connectivity index (χ1v) is 4.84. The van der Waals surface area contributed by atoms with E-state index < -0.39 is 28.2 Å². The van der Waals surface area contributed by atoms with Crippen LogP contribution in [0.2, 0.25) is 0 Å². The van der Waals surface area contributed by atoms with Gasteiger partial charge in [-0.3, -0.25) is 14.9 Å². The summed E-state index contributed by atoms with van der Waals surface area (Å²) in [5.41, 5.74) is -2.56. The fourth-order valence-corrected chi connectivity index (χ4v) is 1.51. The molecule has 8 heteroatoms. The zero-order valence-electron chi connectivity index (χ0n) is 7.17. The van der Waals surface area contributed by atoms with Gasteiger partial charge in [0.05, 0.1) is 10.3 Å². The molecule has 0 aliphatic heterocycles. The van der Waals surface area contributed by atoms with Gasteiger partial charge in [0, 0.05) is 6.07 Å². The first-order valence-electron chi connectivity index (χ1n) is 3.72. The Balaban J connectivity index is 3.54. The second kappa shape index (κ2) is 4.47. The van der Waals surface area contributed by atoms with Crippen LogP contribution in [0.5, 0.6) is 0 Å². The summed E-state index contributed by atoms with van der Waals surface area (Å²) in [6.07, 6.45) is -3.05. The fraction of sp³-hybridized carbons (Fsp3) is 0.286. The second-order valence-electron chi connectivity index (χ2n) is 2.61. The van der Waals surface area contributed by atoms with Gasteiger partial charge < -0.3 is 4.98 Å². The van der Waals surface area contributed by atoms with E-state index in [1.54, 1.807) is 0 Å². The predicted molar refractivity (Wildman–Crippen MR) is 51.3 cm³/mol. The number of pyridine rings is 1. The van der Waals surface area contributed by atoms with Gasteiger partial charge in [0.15, 0.2) is 0 Å². The zero-order chi connectivity index (χ0) is 11.6. The van der Waals surface area contributed by atoms with Crippen molar-refractivity contribution in [3.8, 4) is 0 Å². The van der Waals surface area contributed by atoms with Crippen LogP contribution in [0.15, 0.2) is 10.9 Å². The molecule has 0 radical (unpaired) electrons. The molecule has 0 spiro atoms. The third kappa shape index (κ3) is 2.38. The molecule has 15 heavy (non-hydrogen) atoms. The Morgan fingerprint density at radius 1 is 1.60 bits per heavy atom. The number of nitrogens with zero attached hydrogens (tertiary/aromatic N) is 1. The highest BCUT2D eigenvalue weighted by molar-refractivity contribution is 9.08. The lowest BCUT2D eigenvalue weighted by Gasteiger charge is -2.04. The van der Waals surface area contributed by atoms with E-state index in [0.29, 0.717) is 6.07 Å². The highest BCUT2D eigenvalue weighted by Gasteiger charge is 2.26. The molecule has 0 aromatic carbocycles. The third-order valence-electron chi connectivity index (χ3n) is 1.67. The van der Waals surface area contributed by atoms with Crippen molar-refractivity contribution in [2.45, 2.75) is 11.8 Å². The number of aromatic nitrogens is 1. The van der Waals surface area contributed by atoms with Gasteiger partial charge in [-0.25, -0.2) is 8.78 Å². The maximum atomic E-state index is 12.4. The molecule has 0 aliphatic carbocycles. The van der Waals surface area contributed by atoms with E-state index in [4.69, 9.17) is 0 Å². The lowest BCUT2D eigenvalue weighted by atomic mass is 10.2. The van der Waals surface area contributed by atoms with E-state index >= 15 is 0 Å². The highest BCUT2D eigenvalue weighted by atomic mass is 79.9. The average Bonchev–Trinajstić information content (AvgIpc) is 2.15. The number of hydrogen-bond acceptors (Lipinski definition) is 3. The van der Waals surface area contributed by atoms with Gasteiger partial charge >= 0.3 is 0 Å². The van der Waals surface area contributed by atoms with Crippen molar-refractivity contribution in [3.63, 3.8) is 0 Å². The monoisotopic (exact) mass is 282 g/mol. The summed E-state index contributed by atoms with van der Waals surface area (Å²) in [7, 11) is 0. The van der Waals surface area contributed by atoms with E-state index in [9.17, 15) is 23.7 Å². The Labute approximate surface area is 90.4 Å². The number of nitro groups is 1. The van der Waals surface area contributed by atoms with Crippen LogP contribution >= 0.6 is 15.9 Å². The Bertz CT molecular complexity index is 446. The molecule has 0 bridgehead atoms. The molecule has 0 aliphatic rings. The summed E-state index contributed by atoms with van der Waals surface area (Å²) >= 11 is 2.87. The molecule has 0 unspecified atom stereocenters. The summed E-state index contributed by atoms with van der Waals surface area (Å²) < 4.78 is 24.8. The normalized spacial score (nSPS) is 10.7. The zero-order valence-corrected chi connectivity index (χ0v) is 8.75. The first-order chi connectivity index (χ1) is 6.97. The molecule has 0 atom stereocenters. The lowest BCUT2D eigenvalue weighted by Crippen LogP contribution is -2.13. The van der Waals surface area contributed by atoms with Crippen molar-refractivity contribution in [3.05, 3.63) is 37.8 Å². The highest BCUT2D eigenvalue weighted by Crippen LogP contribution is 2.30. The van der Waals surface area contributed by atoms with Crippen molar-refractivity contribution in [2.75, 3.05) is 0 Å². The molecule has 1 rings (SSSR count). The predicted octanol–water partition coefficient (Wildman–Crippen LogP) is 2.12. The van der Waals surface area contributed by atoms with Crippen LogP contribution in [-0.2, 0) is 5.33 Å².